The topological polar surface area (TPSA) is 98.1 Å². The fraction of sp³-hybridized carbons (Fsp3) is 0.438. The Morgan fingerprint density at radius 2 is 1.67 bits per heavy atom. The van der Waals surface area contributed by atoms with Gasteiger partial charge in [0.25, 0.3) is 0 Å². The summed E-state index contributed by atoms with van der Waals surface area (Å²) >= 11 is 6.18. The summed E-state index contributed by atoms with van der Waals surface area (Å²) in [4.78, 5) is 27.6. The third kappa shape index (κ3) is 7.23. The van der Waals surface area contributed by atoms with Gasteiger partial charge in [-0.25, -0.2) is 4.90 Å². The number of aliphatic hydroxyl groups excluding tert-OH is 2. The highest BCUT2D eigenvalue weighted by Gasteiger charge is 2.55. The zero-order chi connectivity index (χ0) is 33.4. The summed E-state index contributed by atoms with van der Waals surface area (Å²) in [5.74, 6) is -5.49. The number of fused-ring (bicyclic) bond motifs is 1. The molecule has 4 rings (SSSR count). The third-order valence-corrected chi connectivity index (χ3v) is 8.65. The number of alkyl halides is 6. The standard InChI is InChI=1S/C32H32ClF6NO5/c1-3-4-18-10-23-28(24(15-41)27(18)26(43)8-5-16(2)9-17-6-7-22(42)14-25(17)33)30(45)40(29(23)44)21-12-19(31(34,35)36)11-20(13-21)32(37,38)39/h6-7,9,11-14,23-24,26,28,41-43H,3-5,8,10,15H2,1-2H3/b16-9+/t23-,24+,26-,28-/m1/s1. The molecule has 0 saturated carbocycles. The predicted octanol–water partition coefficient (Wildman–Crippen LogP) is 7.54. The molecule has 2 amide bonds. The molecule has 1 aliphatic heterocycles. The second kappa shape index (κ2) is 13.2. The van der Waals surface area contributed by atoms with Crippen molar-refractivity contribution in [2.75, 3.05) is 11.5 Å². The van der Waals surface area contributed by atoms with Crippen LogP contribution in [0.3, 0.4) is 0 Å². The maximum Gasteiger partial charge on any atom is 0.416 e. The van der Waals surface area contributed by atoms with Gasteiger partial charge in [-0.2, -0.15) is 26.3 Å². The van der Waals surface area contributed by atoms with Gasteiger partial charge in [-0.05, 0) is 80.1 Å². The molecule has 4 atom stereocenters. The molecule has 1 aliphatic carbocycles. The molecular weight excluding hydrogens is 628 g/mol. The van der Waals surface area contributed by atoms with Gasteiger partial charge in [-0.15, -0.1) is 0 Å². The first-order valence-electron chi connectivity index (χ1n) is 14.3. The Labute approximate surface area is 260 Å². The van der Waals surface area contributed by atoms with E-state index in [0.29, 0.717) is 58.0 Å². The van der Waals surface area contributed by atoms with Gasteiger partial charge in [0, 0.05) is 5.92 Å². The number of amides is 2. The number of carbonyl (C=O) groups excluding carboxylic acids is 2. The van der Waals surface area contributed by atoms with Gasteiger partial charge >= 0.3 is 12.4 Å². The maximum atomic E-state index is 13.7. The van der Waals surface area contributed by atoms with Gasteiger partial charge in [-0.1, -0.05) is 42.2 Å². The number of allylic oxidation sites excluding steroid dienone is 2. The zero-order valence-electron chi connectivity index (χ0n) is 24.3. The smallest absolute Gasteiger partial charge is 0.416 e. The molecule has 0 spiro atoms. The number of aromatic hydroxyl groups is 1. The Bertz CT molecular complexity index is 1500. The molecule has 2 aliphatic rings. The fourth-order valence-electron chi connectivity index (χ4n) is 6.31. The third-order valence-electron chi connectivity index (χ3n) is 8.32. The Kier molecular flexibility index (Phi) is 10.1. The monoisotopic (exact) mass is 659 g/mol. The molecular formula is C32H32ClF6NO5. The SMILES string of the molecule is CCCC1=C([C@H](O)CC/C(C)=C/c2ccc(O)cc2Cl)[C@H](CO)[C@@H]2C(=O)N(c3cc(C(F)(F)F)cc(C(F)(F)F)c3)C(=O)[C@@H]2C1. The zero-order valence-corrected chi connectivity index (χ0v) is 25.1. The summed E-state index contributed by atoms with van der Waals surface area (Å²) in [6, 6.07) is 5.06. The van der Waals surface area contributed by atoms with Crippen LogP contribution in [0.25, 0.3) is 6.08 Å². The van der Waals surface area contributed by atoms with E-state index in [1.165, 1.54) is 12.1 Å². The lowest BCUT2D eigenvalue weighted by Crippen LogP contribution is -2.39. The second-order valence-electron chi connectivity index (χ2n) is 11.5. The Hall–Kier alpha value is -3.35. The van der Waals surface area contributed by atoms with Crippen LogP contribution >= 0.6 is 11.6 Å². The van der Waals surface area contributed by atoms with Crippen LogP contribution in [-0.2, 0) is 21.9 Å². The molecule has 13 heteroatoms. The molecule has 3 N–H and O–H groups in total. The van der Waals surface area contributed by atoms with Crippen molar-refractivity contribution >= 4 is 35.2 Å². The van der Waals surface area contributed by atoms with Crippen LogP contribution in [0, 0.1) is 17.8 Å². The lowest BCUT2D eigenvalue weighted by Gasteiger charge is -2.36. The normalized spacial score (nSPS) is 21.9. The molecule has 2 aromatic carbocycles. The summed E-state index contributed by atoms with van der Waals surface area (Å²) in [5, 5.41) is 31.7. The lowest BCUT2D eigenvalue weighted by atomic mass is 9.67. The van der Waals surface area contributed by atoms with Crippen LogP contribution in [0.4, 0.5) is 32.0 Å². The number of anilines is 1. The van der Waals surface area contributed by atoms with E-state index in [1.54, 1.807) is 19.1 Å². The van der Waals surface area contributed by atoms with Crippen LogP contribution in [0.2, 0.25) is 5.02 Å². The highest BCUT2D eigenvalue weighted by molar-refractivity contribution is 6.32. The van der Waals surface area contributed by atoms with Gasteiger partial charge in [0.2, 0.25) is 11.8 Å². The number of rotatable bonds is 9. The summed E-state index contributed by atoms with van der Waals surface area (Å²) in [7, 11) is 0. The van der Waals surface area contributed by atoms with Crippen molar-refractivity contribution in [1.82, 2.24) is 0 Å². The molecule has 1 fully saturated rings. The molecule has 45 heavy (non-hydrogen) atoms. The quantitative estimate of drug-likeness (QED) is 0.147. The van der Waals surface area contributed by atoms with Crippen LogP contribution in [-0.4, -0.2) is 39.8 Å². The summed E-state index contributed by atoms with van der Waals surface area (Å²) in [6.45, 7) is 2.97. The first kappa shape index (κ1) is 34.5. The highest BCUT2D eigenvalue weighted by Crippen LogP contribution is 2.49. The summed E-state index contributed by atoms with van der Waals surface area (Å²) in [6.07, 6.45) is -8.31. The van der Waals surface area contributed by atoms with E-state index < -0.39 is 71.4 Å². The van der Waals surface area contributed by atoms with E-state index in [1.807, 2.05) is 6.92 Å². The minimum atomic E-state index is -5.18. The van der Waals surface area contributed by atoms with E-state index in [0.717, 1.165) is 5.57 Å². The van der Waals surface area contributed by atoms with Gasteiger partial charge in [0.05, 0.1) is 46.4 Å². The number of halogens is 7. The first-order chi connectivity index (χ1) is 21.0. The number of carbonyl (C=O) groups is 2. The van der Waals surface area contributed by atoms with Gasteiger partial charge in [-0.3, -0.25) is 9.59 Å². The van der Waals surface area contributed by atoms with Crippen LogP contribution < -0.4 is 4.90 Å². The Balaban J connectivity index is 1.66. The molecule has 2 aromatic rings. The van der Waals surface area contributed by atoms with E-state index in [2.05, 4.69) is 0 Å². The molecule has 244 valence electrons. The number of hydrogen-bond acceptors (Lipinski definition) is 5. The van der Waals surface area contributed by atoms with Crippen molar-refractivity contribution in [3.05, 3.63) is 74.8 Å². The average molecular weight is 660 g/mol. The minimum Gasteiger partial charge on any atom is -0.508 e. The minimum absolute atomic E-state index is 0.00128. The molecule has 0 bridgehead atoms. The van der Waals surface area contributed by atoms with Gasteiger partial charge < -0.3 is 15.3 Å². The molecule has 1 heterocycles. The van der Waals surface area contributed by atoms with Gasteiger partial charge in [0.15, 0.2) is 0 Å². The predicted molar refractivity (Wildman–Crippen MR) is 155 cm³/mol. The first-order valence-corrected chi connectivity index (χ1v) is 14.7. The van der Waals surface area contributed by atoms with E-state index in [9.17, 15) is 51.3 Å². The largest absolute Gasteiger partial charge is 0.508 e. The maximum absolute atomic E-state index is 13.7. The van der Waals surface area contributed by atoms with E-state index in [4.69, 9.17) is 11.6 Å². The van der Waals surface area contributed by atoms with E-state index >= 15 is 0 Å². The van der Waals surface area contributed by atoms with Crippen molar-refractivity contribution in [2.24, 2.45) is 17.8 Å². The van der Waals surface area contributed by atoms with Crippen LogP contribution in [0.5, 0.6) is 5.75 Å². The number of aliphatic hydroxyl groups is 2. The van der Waals surface area contributed by atoms with Crippen molar-refractivity contribution in [3.8, 4) is 5.75 Å². The molecule has 0 unspecified atom stereocenters. The van der Waals surface area contributed by atoms with Crippen molar-refractivity contribution < 1.29 is 51.3 Å². The highest BCUT2D eigenvalue weighted by atomic mass is 35.5. The molecule has 0 aromatic heterocycles. The summed E-state index contributed by atoms with van der Waals surface area (Å²) < 4.78 is 81.3. The second-order valence-corrected chi connectivity index (χ2v) is 11.9. The van der Waals surface area contributed by atoms with Crippen LogP contribution in [0.1, 0.15) is 62.6 Å². The Morgan fingerprint density at radius 1 is 1.04 bits per heavy atom. The molecule has 0 radical (unpaired) electrons. The number of imide groups is 1. The fourth-order valence-corrected chi connectivity index (χ4v) is 6.54. The van der Waals surface area contributed by atoms with E-state index in [-0.39, 0.29) is 24.7 Å². The number of phenols is 1. The number of benzene rings is 2. The van der Waals surface area contributed by atoms with Crippen molar-refractivity contribution in [3.63, 3.8) is 0 Å². The summed E-state index contributed by atoms with van der Waals surface area (Å²) in [5.41, 5.74) is -1.75. The van der Waals surface area contributed by atoms with Crippen LogP contribution in [0.15, 0.2) is 53.1 Å². The van der Waals surface area contributed by atoms with Crippen molar-refractivity contribution in [2.45, 2.75) is 64.4 Å². The average Bonchev–Trinajstić information content (AvgIpc) is 3.20. The number of hydrogen-bond donors (Lipinski definition) is 3. The lowest BCUT2D eigenvalue weighted by molar-refractivity contribution is -0.143. The van der Waals surface area contributed by atoms with Gasteiger partial charge in [0.1, 0.15) is 5.75 Å². The number of phenolic OH excluding ortho intramolecular Hbond substituents is 1. The Morgan fingerprint density at radius 3 is 2.20 bits per heavy atom. The number of nitrogens with zero attached hydrogens (tertiary/aromatic N) is 1. The van der Waals surface area contributed by atoms with Crippen molar-refractivity contribution in [1.29, 1.82) is 0 Å². The molecule has 6 nitrogen and oxygen atoms in total. The molecule has 1 saturated heterocycles.